The van der Waals surface area contributed by atoms with E-state index in [0.29, 0.717) is 12.0 Å². The molecule has 1 aromatic rings. The summed E-state index contributed by atoms with van der Waals surface area (Å²) in [6.45, 7) is 9.27. The van der Waals surface area contributed by atoms with E-state index in [1.54, 1.807) is 6.33 Å². The van der Waals surface area contributed by atoms with Crippen molar-refractivity contribution in [1.29, 1.82) is 0 Å². The fourth-order valence-electron chi connectivity index (χ4n) is 3.78. The maximum Gasteiger partial charge on any atom is 0.191 e. The first-order valence-corrected chi connectivity index (χ1v) is 8.90. The maximum atomic E-state index is 4.35. The monoisotopic (exact) mass is 320 g/mol. The zero-order chi connectivity index (χ0) is 16.7. The molecule has 6 nitrogen and oxygen atoms in total. The molecular weight excluding hydrogens is 288 g/mol. The van der Waals surface area contributed by atoms with E-state index in [0.717, 1.165) is 30.8 Å². The van der Waals surface area contributed by atoms with Crippen LogP contribution in [-0.2, 0) is 13.1 Å². The summed E-state index contributed by atoms with van der Waals surface area (Å²) >= 11 is 0. The van der Waals surface area contributed by atoms with E-state index in [-0.39, 0.29) is 0 Å². The largest absolute Gasteiger partial charge is 0.356 e. The van der Waals surface area contributed by atoms with Gasteiger partial charge in [0, 0.05) is 20.1 Å². The summed E-state index contributed by atoms with van der Waals surface area (Å²) in [6.07, 6.45) is 8.45. The molecule has 0 atom stereocenters. The third-order valence-electron chi connectivity index (χ3n) is 4.81. The third-order valence-corrected chi connectivity index (χ3v) is 4.81. The van der Waals surface area contributed by atoms with Crippen molar-refractivity contribution in [3.05, 3.63) is 12.2 Å². The Hall–Kier alpha value is -1.59. The van der Waals surface area contributed by atoms with Crippen molar-refractivity contribution in [3.63, 3.8) is 0 Å². The van der Waals surface area contributed by atoms with Crippen molar-refractivity contribution in [2.75, 3.05) is 13.6 Å². The molecule has 0 aromatic carbocycles. The van der Waals surface area contributed by atoms with Gasteiger partial charge in [-0.05, 0) is 37.5 Å². The highest BCUT2D eigenvalue weighted by Gasteiger charge is 2.34. The lowest BCUT2D eigenvalue weighted by molar-refractivity contribution is 0.234. The van der Waals surface area contributed by atoms with Crippen LogP contribution in [0, 0.1) is 11.3 Å². The second-order valence-electron chi connectivity index (χ2n) is 7.12. The van der Waals surface area contributed by atoms with Gasteiger partial charge in [0.1, 0.15) is 6.33 Å². The van der Waals surface area contributed by atoms with E-state index in [1.165, 1.54) is 32.1 Å². The van der Waals surface area contributed by atoms with Crippen LogP contribution in [0.15, 0.2) is 11.3 Å². The lowest BCUT2D eigenvalue weighted by Crippen LogP contribution is -2.43. The normalized spacial score (nSPS) is 17.7. The predicted octanol–water partition coefficient (Wildman–Crippen LogP) is 2.57. The molecule has 0 amide bonds. The quantitative estimate of drug-likeness (QED) is 0.598. The Bertz CT molecular complexity index is 499. The van der Waals surface area contributed by atoms with Gasteiger partial charge in [-0.25, -0.2) is 0 Å². The number of aryl methyl sites for hydroxylation is 1. The van der Waals surface area contributed by atoms with Crippen molar-refractivity contribution in [2.24, 2.45) is 16.3 Å². The Morgan fingerprint density at radius 3 is 2.70 bits per heavy atom. The number of rotatable bonds is 7. The van der Waals surface area contributed by atoms with Gasteiger partial charge < -0.3 is 15.2 Å². The van der Waals surface area contributed by atoms with Gasteiger partial charge >= 0.3 is 0 Å². The molecule has 2 N–H and O–H groups in total. The van der Waals surface area contributed by atoms with Gasteiger partial charge in [0.05, 0.1) is 6.54 Å². The Morgan fingerprint density at radius 1 is 1.35 bits per heavy atom. The minimum Gasteiger partial charge on any atom is -0.356 e. The lowest BCUT2D eigenvalue weighted by atomic mass is 9.78. The average molecular weight is 320 g/mol. The zero-order valence-corrected chi connectivity index (χ0v) is 15.1. The molecule has 1 aromatic heterocycles. The van der Waals surface area contributed by atoms with Gasteiger partial charge in [0.25, 0.3) is 0 Å². The third kappa shape index (κ3) is 4.94. The lowest BCUT2D eigenvalue weighted by Gasteiger charge is -2.31. The van der Waals surface area contributed by atoms with E-state index in [9.17, 15) is 0 Å². The molecule has 0 radical (unpaired) electrons. The summed E-state index contributed by atoms with van der Waals surface area (Å²) in [5, 5.41) is 15.0. The first-order chi connectivity index (χ1) is 11.1. The van der Waals surface area contributed by atoms with Crippen molar-refractivity contribution >= 4 is 5.96 Å². The second-order valence-corrected chi connectivity index (χ2v) is 7.12. The SMILES string of the molecule is CCn1cnnc1CNC(=NC)NCC1(CC(C)C)CCCC1. The highest BCUT2D eigenvalue weighted by Crippen LogP contribution is 2.42. The van der Waals surface area contributed by atoms with Crippen LogP contribution in [-0.4, -0.2) is 34.3 Å². The molecular formula is C17H32N6. The van der Waals surface area contributed by atoms with Crippen LogP contribution < -0.4 is 10.6 Å². The van der Waals surface area contributed by atoms with Gasteiger partial charge in [-0.2, -0.15) is 0 Å². The van der Waals surface area contributed by atoms with Crippen LogP contribution in [0.1, 0.15) is 58.7 Å². The fourth-order valence-corrected chi connectivity index (χ4v) is 3.78. The average Bonchev–Trinajstić information content (AvgIpc) is 3.16. The van der Waals surface area contributed by atoms with Crippen LogP contribution in [0.4, 0.5) is 0 Å². The molecule has 1 saturated carbocycles. The van der Waals surface area contributed by atoms with Crippen LogP contribution in [0.25, 0.3) is 0 Å². The van der Waals surface area contributed by atoms with E-state index in [4.69, 9.17) is 0 Å². The van der Waals surface area contributed by atoms with Crippen LogP contribution in [0.2, 0.25) is 0 Å². The summed E-state index contributed by atoms with van der Waals surface area (Å²) in [5.41, 5.74) is 0.440. The number of aliphatic imine (C=N–C) groups is 1. The number of hydrogen-bond donors (Lipinski definition) is 2. The fraction of sp³-hybridized carbons (Fsp3) is 0.824. The molecule has 130 valence electrons. The van der Waals surface area contributed by atoms with Crippen LogP contribution in [0.3, 0.4) is 0 Å². The summed E-state index contributed by atoms with van der Waals surface area (Å²) in [6, 6.07) is 0. The molecule has 0 bridgehead atoms. The number of nitrogens with one attached hydrogen (secondary N) is 2. The number of aromatic nitrogens is 3. The molecule has 6 heteroatoms. The van der Waals surface area contributed by atoms with Crippen LogP contribution >= 0.6 is 0 Å². The molecule has 0 saturated heterocycles. The van der Waals surface area contributed by atoms with Gasteiger partial charge in [0.15, 0.2) is 11.8 Å². The van der Waals surface area contributed by atoms with Gasteiger partial charge in [-0.3, -0.25) is 4.99 Å². The molecule has 1 fully saturated rings. The minimum absolute atomic E-state index is 0.440. The predicted molar refractivity (Wildman–Crippen MR) is 94.3 cm³/mol. The standard InChI is InChI=1S/C17H32N6/c1-5-23-13-21-22-15(23)11-19-16(18-4)20-12-17(10-14(2)3)8-6-7-9-17/h13-14H,5-12H2,1-4H3,(H2,18,19,20). The molecule has 23 heavy (non-hydrogen) atoms. The van der Waals surface area contributed by atoms with Crippen LogP contribution in [0.5, 0.6) is 0 Å². The molecule has 1 aliphatic rings. The molecule has 0 spiro atoms. The number of guanidine groups is 1. The minimum atomic E-state index is 0.440. The molecule has 1 aliphatic carbocycles. The van der Waals surface area contributed by atoms with E-state index in [2.05, 4.69) is 46.6 Å². The summed E-state index contributed by atoms with van der Waals surface area (Å²) < 4.78 is 2.04. The summed E-state index contributed by atoms with van der Waals surface area (Å²) in [5.74, 6) is 2.53. The van der Waals surface area contributed by atoms with Crippen molar-refractivity contribution < 1.29 is 0 Å². The Balaban J connectivity index is 1.87. The smallest absolute Gasteiger partial charge is 0.191 e. The molecule has 0 unspecified atom stereocenters. The Morgan fingerprint density at radius 2 is 2.09 bits per heavy atom. The van der Waals surface area contributed by atoms with Gasteiger partial charge in [-0.1, -0.05) is 26.7 Å². The maximum absolute atomic E-state index is 4.35. The van der Waals surface area contributed by atoms with Crippen molar-refractivity contribution in [1.82, 2.24) is 25.4 Å². The second kappa shape index (κ2) is 8.31. The van der Waals surface area contributed by atoms with Crippen molar-refractivity contribution in [3.8, 4) is 0 Å². The highest BCUT2D eigenvalue weighted by molar-refractivity contribution is 5.79. The molecule has 0 aliphatic heterocycles. The van der Waals surface area contributed by atoms with Gasteiger partial charge in [-0.15, -0.1) is 10.2 Å². The van der Waals surface area contributed by atoms with E-state index < -0.39 is 0 Å². The highest BCUT2D eigenvalue weighted by atomic mass is 15.3. The first-order valence-electron chi connectivity index (χ1n) is 8.90. The summed E-state index contributed by atoms with van der Waals surface area (Å²) in [4.78, 5) is 4.35. The van der Waals surface area contributed by atoms with E-state index >= 15 is 0 Å². The zero-order valence-electron chi connectivity index (χ0n) is 15.1. The van der Waals surface area contributed by atoms with Gasteiger partial charge in [0.2, 0.25) is 0 Å². The number of nitrogens with zero attached hydrogens (tertiary/aromatic N) is 4. The first kappa shape index (κ1) is 17.8. The van der Waals surface area contributed by atoms with E-state index in [1.807, 2.05) is 11.6 Å². The Kier molecular flexibility index (Phi) is 6.42. The number of hydrogen-bond acceptors (Lipinski definition) is 3. The van der Waals surface area contributed by atoms with Crippen molar-refractivity contribution in [2.45, 2.75) is 66.0 Å². The topological polar surface area (TPSA) is 67.1 Å². The Labute approximate surface area is 140 Å². The molecule has 1 heterocycles. The molecule has 2 rings (SSSR count). The summed E-state index contributed by atoms with van der Waals surface area (Å²) in [7, 11) is 1.82.